The van der Waals surface area contributed by atoms with Crippen LogP contribution in [-0.4, -0.2) is 30.2 Å². The third-order valence-corrected chi connectivity index (χ3v) is 3.84. The van der Waals surface area contributed by atoms with Crippen LogP contribution in [0.2, 0.25) is 0 Å². The van der Waals surface area contributed by atoms with Crippen molar-refractivity contribution in [3.05, 3.63) is 46.6 Å². The van der Waals surface area contributed by atoms with Crippen LogP contribution >= 0.6 is 0 Å². The largest absolute Gasteiger partial charge is 0.472 e. The van der Waals surface area contributed by atoms with Crippen molar-refractivity contribution >= 4 is 5.97 Å². The highest BCUT2D eigenvalue weighted by Gasteiger charge is 2.19. The first-order valence-electron chi connectivity index (χ1n) is 7.99. The third-order valence-electron chi connectivity index (χ3n) is 3.84. The maximum Gasteiger partial charge on any atom is 0.357 e. The van der Waals surface area contributed by atoms with Gasteiger partial charge in [0.25, 0.3) is 0 Å². The van der Waals surface area contributed by atoms with Gasteiger partial charge in [0.2, 0.25) is 5.88 Å². The number of carbonyl (C=O) groups is 1. The maximum atomic E-state index is 11.8. The third kappa shape index (κ3) is 4.47. The van der Waals surface area contributed by atoms with E-state index >= 15 is 0 Å². The summed E-state index contributed by atoms with van der Waals surface area (Å²) in [6.45, 7) is 8.55. The van der Waals surface area contributed by atoms with Gasteiger partial charge >= 0.3 is 12.0 Å². The van der Waals surface area contributed by atoms with E-state index in [1.807, 2.05) is 12.1 Å². The Hall–Kier alpha value is -2.63. The van der Waals surface area contributed by atoms with Crippen molar-refractivity contribution in [2.75, 3.05) is 14.2 Å². The van der Waals surface area contributed by atoms with E-state index in [0.29, 0.717) is 18.1 Å². The van der Waals surface area contributed by atoms with E-state index in [9.17, 15) is 4.79 Å². The van der Waals surface area contributed by atoms with Crippen LogP contribution in [0.4, 0.5) is 0 Å². The minimum absolute atomic E-state index is 0.0593. The lowest BCUT2D eigenvalue weighted by atomic mass is 9.87. The zero-order chi connectivity index (χ0) is 18.6. The molecule has 2 aromatic rings. The highest BCUT2D eigenvalue weighted by molar-refractivity contribution is 5.89. The van der Waals surface area contributed by atoms with Crippen LogP contribution in [0.3, 0.4) is 0 Å². The van der Waals surface area contributed by atoms with Crippen LogP contribution in [0, 0.1) is 6.92 Å². The van der Waals surface area contributed by atoms with Gasteiger partial charge in [0.05, 0.1) is 14.2 Å². The van der Waals surface area contributed by atoms with E-state index in [-0.39, 0.29) is 17.1 Å². The van der Waals surface area contributed by atoms with Gasteiger partial charge in [-0.05, 0) is 23.5 Å². The fourth-order valence-corrected chi connectivity index (χ4v) is 2.26. The standard InChI is InChI=1S/C19H24N2O4/c1-12-15(17(22)23-5)20-18(24-6)21-16(12)25-11-13-7-9-14(10-8-13)19(2,3)4/h7-10H,11H2,1-6H3. The second-order valence-corrected chi connectivity index (χ2v) is 6.72. The number of ether oxygens (including phenoxy) is 3. The number of aromatic nitrogens is 2. The molecule has 0 radical (unpaired) electrons. The summed E-state index contributed by atoms with van der Waals surface area (Å²) >= 11 is 0. The maximum absolute atomic E-state index is 11.8. The van der Waals surface area contributed by atoms with E-state index in [1.165, 1.54) is 19.8 Å². The average Bonchev–Trinajstić information content (AvgIpc) is 2.59. The summed E-state index contributed by atoms with van der Waals surface area (Å²) in [5, 5.41) is 0. The van der Waals surface area contributed by atoms with Crippen molar-refractivity contribution in [2.45, 2.75) is 39.7 Å². The first-order chi connectivity index (χ1) is 11.8. The number of benzene rings is 1. The first kappa shape index (κ1) is 18.7. The van der Waals surface area contributed by atoms with Gasteiger partial charge in [-0.25, -0.2) is 4.79 Å². The Kier molecular flexibility index (Phi) is 5.62. The molecule has 0 aliphatic heterocycles. The summed E-state index contributed by atoms with van der Waals surface area (Å²) in [6, 6.07) is 8.28. The molecule has 0 saturated carbocycles. The van der Waals surface area contributed by atoms with Gasteiger partial charge < -0.3 is 14.2 Å². The number of hydrogen-bond donors (Lipinski definition) is 0. The highest BCUT2D eigenvalue weighted by Crippen LogP contribution is 2.24. The van der Waals surface area contributed by atoms with Gasteiger partial charge in [0.1, 0.15) is 6.61 Å². The van der Waals surface area contributed by atoms with Gasteiger partial charge in [0.15, 0.2) is 5.69 Å². The van der Waals surface area contributed by atoms with Gasteiger partial charge in [-0.1, -0.05) is 45.0 Å². The zero-order valence-electron chi connectivity index (χ0n) is 15.5. The Morgan fingerprint density at radius 2 is 1.72 bits per heavy atom. The van der Waals surface area contributed by atoms with Crippen LogP contribution in [-0.2, 0) is 16.8 Å². The lowest BCUT2D eigenvalue weighted by Crippen LogP contribution is -2.12. The number of nitrogens with zero attached hydrogens (tertiary/aromatic N) is 2. The smallest absolute Gasteiger partial charge is 0.357 e. The van der Waals surface area contributed by atoms with Gasteiger partial charge in [0, 0.05) is 5.56 Å². The van der Waals surface area contributed by atoms with Crippen molar-refractivity contribution in [2.24, 2.45) is 0 Å². The summed E-state index contributed by atoms with van der Waals surface area (Å²) in [7, 11) is 2.73. The number of esters is 1. The normalized spacial score (nSPS) is 11.1. The molecule has 1 heterocycles. The van der Waals surface area contributed by atoms with E-state index < -0.39 is 5.97 Å². The molecule has 2 rings (SSSR count). The molecule has 0 unspecified atom stereocenters. The van der Waals surface area contributed by atoms with Gasteiger partial charge in [-0.15, -0.1) is 0 Å². The summed E-state index contributed by atoms with van der Waals surface area (Å²) in [6.07, 6.45) is 0. The Balaban J connectivity index is 2.21. The Morgan fingerprint density at radius 1 is 1.08 bits per heavy atom. The molecular weight excluding hydrogens is 320 g/mol. The minimum atomic E-state index is -0.558. The molecule has 6 nitrogen and oxygen atoms in total. The van der Waals surface area contributed by atoms with Gasteiger partial charge in [-0.2, -0.15) is 9.97 Å². The lowest BCUT2D eigenvalue weighted by Gasteiger charge is -2.19. The van der Waals surface area contributed by atoms with E-state index in [2.05, 4.69) is 42.9 Å². The molecule has 6 heteroatoms. The number of carbonyl (C=O) groups excluding carboxylic acids is 1. The highest BCUT2D eigenvalue weighted by atomic mass is 16.5. The van der Waals surface area contributed by atoms with E-state index in [4.69, 9.17) is 14.2 Å². The molecule has 1 aromatic heterocycles. The molecule has 0 bridgehead atoms. The molecule has 0 fully saturated rings. The Labute approximate surface area is 148 Å². The SMILES string of the molecule is COC(=O)c1nc(OC)nc(OCc2ccc(C(C)(C)C)cc2)c1C. The molecule has 0 spiro atoms. The summed E-state index contributed by atoms with van der Waals surface area (Å²) < 4.78 is 15.6. The van der Waals surface area contributed by atoms with Crippen LogP contribution < -0.4 is 9.47 Å². The molecule has 0 aliphatic rings. The molecule has 0 amide bonds. The molecule has 0 aliphatic carbocycles. The molecule has 0 saturated heterocycles. The molecule has 0 N–H and O–H groups in total. The molecule has 134 valence electrons. The van der Waals surface area contributed by atoms with Crippen molar-refractivity contribution in [3.63, 3.8) is 0 Å². The zero-order valence-corrected chi connectivity index (χ0v) is 15.5. The number of rotatable bonds is 5. The van der Waals surface area contributed by atoms with Crippen molar-refractivity contribution < 1.29 is 19.0 Å². The predicted octanol–water partition coefficient (Wildman–Crippen LogP) is 3.46. The minimum Gasteiger partial charge on any atom is -0.472 e. The van der Waals surface area contributed by atoms with E-state index in [0.717, 1.165) is 5.56 Å². The second-order valence-electron chi connectivity index (χ2n) is 6.72. The molecule has 1 aromatic carbocycles. The van der Waals surface area contributed by atoms with Crippen LogP contribution in [0.15, 0.2) is 24.3 Å². The summed E-state index contributed by atoms with van der Waals surface area (Å²) in [5.41, 5.74) is 3.01. The second kappa shape index (κ2) is 7.51. The van der Waals surface area contributed by atoms with E-state index in [1.54, 1.807) is 6.92 Å². The van der Waals surface area contributed by atoms with Crippen LogP contribution in [0.25, 0.3) is 0 Å². The fraction of sp³-hybridized carbons (Fsp3) is 0.421. The van der Waals surface area contributed by atoms with Crippen molar-refractivity contribution in [3.8, 4) is 11.9 Å². The van der Waals surface area contributed by atoms with Crippen LogP contribution in [0.1, 0.15) is 48.0 Å². The monoisotopic (exact) mass is 344 g/mol. The van der Waals surface area contributed by atoms with Crippen LogP contribution in [0.5, 0.6) is 11.9 Å². The molecule has 0 atom stereocenters. The van der Waals surface area contributed by atoms with Crippen molar-refractivity contribution in [1.29, 1.82) is 0 Å². The lowest BCUT2D eigenvalue weighted by molar-refractivity contribution is 0.0590. The number of methoxy groups -OCH3 is 2. The summed E-state index contributed by atoms with van der Waals surface area (Å²) in [5.74, 6) is -0.260. The number of hydrogen-bond acceptors (Lipinski definition) is 6. The Morgan fingerprint density at radius 3 is 2.24 bits per heavy atom. The Bertz CT molecular complexity index is 749. The van der Waals surface area contributed by atoms with Crippen molar-refractivity contribution in [1.82, 2.24) is 9.97 Å². The fourth-order valence-electron chi connectivity index (χ4n) is 2.26. The predicted molar refractivity (Wildman–Crippen MR) is 94.1 cm³/mol. The molecule has 25 heavy (non-hydrogen) atoms. The first-order valence-corrected chi connectivity index (χ1v) is 7.99. The van der Waals surface area contributed by atoms with Gasteiger partial charge in [-0.3, -0.25) is 0 Å². The quantitative estimate of drug-likeness (QED) is 0.774. The average molecular weight is 344 g/mol. The molecular formula is C19H24N2O4. The summed E-state index contributed by atoms with van der Waals surface area (Å²) in [4.78, 5) is 20.0. The topological polar surface area (TPSA) is 70.5 Å².